The number of rotatable bonds is 4. The molecule has 0 saturated heterocycles. The Bertz CT molecular complexity index is 479. The van der Waals surface area contributed by atoms with Crippen molar-refractivity contribution in [3.8, 4) is 0 Å². The van der Waals surface area contributed by atoms with Gasteiger partial charge in [0.1, 0.15) is 5.60 Å². The molecule has 2 rings (SSSR count). The van der Waals surface area contributed by atoms with Crippen molar-refractivity contribution in [3.63, 3.8) is 0 Å². The zero-order valence-corrected chi connectivity index (χ0v) is 14.2. The highest BCUT2D eigenvalue weighted by molar-refractivity contribution is 7.11. The van der Waals surface area contributed by atoms with Crippen molar-refractivity contribution in [2.75, 3.05) is 0 Å². The number of carbonyl (C=O) groups excluding carboxylic acids is 1. The van der Waals surface area contributed by atoms with Crippen LogP contribution in [0.1, 0.15) is 49.8 Å². The fraction of sp³-hybridized carbons (Fsp3) is 0.688. The summed E-state index contributed by atoms with van der Waals surface area (Å²) in [5.74, 6) is 0. The molecule has 0 aromatic carbocycles. The van der Waals surface area contributed by atoms with Crippen LogP contribution in [0.15, 0.2) is 12.1 Å². The highest BCUT2D eigenvalue weighted by atomic mass is 32.1. The van der Waals surface area contributed by atoms with Crippen molar-refractivity contribution in [2.24, 2.45) is 0 Å². The Balaban J connectivity index is 1.70. The van der Waals surface area contributed by atoms with Crippen LogP contribution in [0.4, 0.5) is 4.79 Å². The van der Waals surface area contributed by atoms with Crippen molar-refractivity contribution in [2.45, 2.75) is 71.2 Å². The molecule has 118 valence electrons. The second kappa shape index (κ2) is 6.79. The van der Waals surface area contributed by atoms with Gasteiger partial charge in [-0.3, -0.25) is 0 Å². The molecule has 4 nitrogen and oxygen atoms in total. The molecule has 1 heterocycles. The molecular weight excluding hydrogens is 284 g/mol. The van der Waals surface area contributed by atoms with Crippen molar-refractivity contribution in [3.05, 3.63) is 21.9 Å². The standard InChI is InChI=1S/C16H26N2O2S/c1-11-5-8-14(21-11)10-17-12-6-7-13(9-12)18-15(19)20-16(2,3)4/h5,8,12-13,17H,6-7,9-10H2,1-4H3,(H,18,19). The average Bonchev–Trinajstić information content (AvgIpc) is 2.93. The van der Waals surface area contributed by atoms with Crippen LogP contribution in [0.25, 0.3) is 0 Å². The smallest absolute Gasteiger partial charge is 0.407 e. The van der Waals surface area contributed by atoms with Gasteiger partial charge < -0.3 is 15.4 Å². The molecule has 1 aromatic rings. The van der Waals surface area contributed by atoms with Crippen molar-refractivity contribution >= 4 is 17.4 Å². The number of amides is 1. The van der Waals surface area contributed by atoms with E-state index in [1.54, 1.807) is 0 Å². The van der Waals surface area contributed by atoms with Gasteiger partial charge in [0.2, 0.25) is 0 Å². The summed E-state index contributed by atoms with van der Waals surface area (Å²) >= 11 is 1.84. The van der Waals surface area contributed by atoms with E-state index in [1.165, 1.54) is 9.75 Å². The number of carbonyl (C=O) groups is 1. The van der Waals surface area contributed by atoms with E-state index in [2.05, 4.69) is 29.7 Å². The van der Waals surface area contributed by atoms with Gasteiger partial charge in [-0.1, -0.05) is 0 Å². The predicted molar refractivity (Wildman–Crippen MR) is 86.7 cm³/mol. The maximum Gasteiger partial charge on any atom is 0.407 e. The third-order valence-electron chi connectivity index (χ3n) is 3.51. The monoisotopic (exact) mass is 310 g/mol. The molecule has 1 aliphatic carbocycles. The van der Waals surface area contributed by atoms with Gasteiger partial charge in [-0.15, -0.1) is 11.3 Å². The Morgan fingerprint density at radius 2 is 2.05 bits per heavy atom. The highest BCUT2D eigenvalue weighted by Gasteiger charge is 2.27. The molecule has 1 fully saturated rings. The quantitative estimate of drug-likeness (QED) is 0.893. The van der Waals surface area contributed by atoms with Gasteiger partial charge in [0.15, 0.2) is 0 Å². The number of thiophene rings is 1. The summed E-state index contributed by atoms with van der Waals surface area (Å²) in [6.45, 7) is 8.70. The molecule has 0 radical (unpaired) electrons. The summed E-state index contributed by atoms with van der Waals surface area (Å²) in [4.78, 5) is 14.5. The lowest BCUT2D eigenvalue weighted by molar-refractivity contribution is 0.0505. The van der Waals surface area contributed by atoms with Crippen molar-refractivity contribution in [1.82, 2.24) is 10.6 Å². The van der Waals surface area contributed by atoms with E-state index in [1.807, 2.05) is 32.1 Å². The van der Waals surface area contributed by atoms with E-state index in [4.69, 9.17) is 4.74 Å². The molecule has 1 saturated carbocycles. The molecule has 0 bridgehead atoms. The Morgan fingerprint density at radius 3 is 2.67 bits per heavy atom. The zero-order valence-electron chi connectivity index (χ0n) is 13.4. The van der Waals surface area contributed by atoms with Crippen LogP contribution in [-0.4, -0.2) is 23.8 Å². The Labute approximate surface area is 131 Å². The fourth-order valence-electron chi connectivity index (χ4n) is 2.60. The molecule has 2 N–H and O–H groups in total. The van der Waals surface area contributed by atoms with Crippen LogP contribution in [0, 0.1) is 6.92 Å². The van der Waals surface area contributed by atoms with Crippen LogP contribution in [0.5, 0.6) is 0 Å². The second-order valence-corrected chi connectivity index (χ2v) is 8.12. The topological polar surface area (TPSA) is 50.4 Å². The summed E-state index contributed by atoms with van der Waals surface area (Å²) in [6, 6.07) is 5.04. The van der Waals surface area contributed by atoms with Crippen LogP contribution < -0.4 is 10.6 Å². The Hall–Kier alpha value is -1.07. The van der Waals surface area contributed by atoms with Crippen molar-refractivity contribution in [1.29, 1.82) is 0 Å². The first-order chi connectivity index (χ1) is 9.82. The number of ether oxygens (including phenoxy) is 1. The number of alkyl carbamates (subject to hydrolysis) is 1. The molecule has 0 spiro atoms. The number of hydrogen-bond acceptors (Lipinski definition) is 4. The minimum absolute atomic E-state index is 0.224. The van der Waals surface area contributed by atoms with Gasteiger partial charge in [0, 0.05) is 28.4 Å². The van der Waals surface area contributed by atoms with Crippen LogP contribution in [-0.2, 0) is 11.3 Å². The minimum atomic E-state index is -0.433. The summed E-state index contributed by atoms with van der Waals surface area (Å²) in [5.41, 5.74) is -0.433. The Kier molecular flexibility index (Phi) is 5.27. The first kappa shape index (κ1) is 16.3. The summed E-state index contributed by atoms with van der Waals surface area (Å²) in [6.07, 6.45) is 2.79. The minimum Gasteiger partial charge on any atom is -0.444 e. The molecule has 0 aliphatic heterocycles. The van der Waals surface area contributed by atoms with Crippen LogP contribution >= 0.6 is 11.3 Å². The van der Waals surface area contributed by atoms with Crippen LogP contribution in [0.2, 0.25) is 0 Å². The predicted octanol–water partition coefficient (Wildman–Crippen LogP) is 3.59. The van der Waals surface area contributed by atoms with E-state index in [0.717, 1.165) is 25.8 Å². The van der Waals surface area contributed by atoms with Gasteiger partial charge in [-0.05, 0) is 59.1 Å². The largest absolute Gasteiger partial charge is 0.444 e. The second-order valence-electron chi connectivity index (χ2n) is 6.75. The molecule has 1 aromatic heterocycles. The molecular formula is C16H26N2O2S. The molecule has 5 heteroatoms. The number of nitrogens with one attached hydrogen (secondary N) is 2. The molecule has 1 aliphatic rings. The summed E-state index contributed by atoms with van der Waals surface area (Å²) in [7, 11) is 0. The highest BCUT2D eigenvalue weighted by Crippen LogP contribution is 2.21. The van der Waals surface area contributed by atoms with E-state index in [-0.39, 0.29) is 12.1 Å². The van der Waals surface area contributed by atoms with E-state index >= 15 is 0 Å². The lowest BCUT2D eigenvalue weighted by Crippen LogP contribution is -2.38. The van der Waals surface area contributed by atoms with E-state index in [9.17, 15) is 4.79 Å². The maximum absolute atomic E-state index is 11.8. The fourth-order valence-corrected chi connectivity index (χ4v) is 3.44. The molecule has 1 amide bonds. The lowest BCUT2D eigenvalue weighted by Gasteiger charge is -2.21. The third kappa shape index (κ3) is 5.67. The van der Waals surface area contributed by atoms with E-state index < -0.39 is 5.60 Å². The van der Waals surface area contributed by atoms with Gasteiger partial charge >= 0.3 is 6.09 Å². The third-order valence-corrected chi connectivity index (χ3v) is 4.52. The molecule has 2 unspecified atom stereocenters. The SMILES string of the molecule is Cc1ccc(CNC2CCC(NC(=O)OC(C)(C)C)C2)s1. The van der Waals surface area contributed by atoms with Crippen LogP contribution in [0.3, 0.4) is 0 Å². The first-order valence-electron chi connectivity index (χ1n) is 7.60. The van der Waals surface area contributed by atoms with Gasteiger partial charge in [-0.2, -0.15) is 0 Å². The maximum atomic E-state index is 11.8. The summed E-state index contributed by atoms with van der Waals surface area (Å²) in [5, 5.41) is 6.55. The lowest BCUT2D eigenvalue weighted by atomic mass is 10.2. The normalized spacial score (nSPS) is 22.3. The first-order valence-corrected chi connectivity index (χ1v) is 8.42. The van der Waals surface area contributed by atoms with Gasteiger partial charge in [0.05, 0.1) is 0 Å². The van der Waals surface area contributed by atoms with Gasteiger partial charge in [-0.25, -0.2) is 4.79 Å². The van der Waals surface area contributed by atoms with E-state index in [0.29, 0.717) is 6.04 Å². The molecule has 21 heavy (non-hydrogen) atoms. The van der Waals surface area contributed by atoms with Gasteiger partial charge in [0.25, 0.3) is 0 Å². The average molecular weight is 310 g/mol. The Morgan fingerprint density at radius 1 is 1.33 bits per heavy atom. The zero-order chi connectivity index (χ0) is 15.5. The number of aryl methyl sites for hydroxylation is 1. The number of hydrogen-bond donors (Lipinski definition) is 2. The summed E-state index contributed by atoms with van der Waals surface area (Å²) < 4.78 is 5.30. The molecule has 2 atom stereocenters. The van der Waals surface area contributed by atoms with Crippen molar-refractivity contribution < 1.29 is 9.53 Å².